The van der Waals surface area contributed by atoms with Crippen LogP contribution < -0.4 is 5.32 Å². The maximum absolute atomic E-state index is 13.2. The number of rotatable bonds is 10. The van der Waals surface area contributed by atoms with E-state index in [1.807, 2.05) is 13.8 Å². The molecule has 31 heavy (non-hydrogen) atoms. The van der Waals surface area contributed by atoms with Gasteiger partial charge in [0.2, 0.25) is 11.8 Å². The highest BCUT2D eigenvalue weighted by molar-refractivity contribution is 7.99. The first-order valence-electron chi connectivity index (χ1n) is 10.4. The lowest BCUT2D eigenvalue weighted by Crippen LogP contribution is -2.49. The van der Waals surface area contributed by atoms with E-state index in [9.17, 15) is 9.59 Å². The van der Waals surface area contributed by atoms with Crippen molar-refractivity contribution in [1.29, 1.82) is 0 Å². The third kappa shape index (κ3) is 7.74. The molecule has 1 atom stereocenters. The van der Waals surface area contributed by atoms with Crippen molar-refractivity contribution in [3.05, 3.63) is 68.7 Å². The molecule has 2 amide bonds. The van der Waals surface area contributed by atoms with Gasteiger partial charge in [-0.2, -0.15) is 0 Å². The minimum absolute atomic E-state index is 0.0847. The zero-order valence-electron chi connectivity index (χ0n) is 18.5. The molecule has 2 rings (SSSR count). The van der Waals surface area contributed by atoms with Crippen molar-refractivity contribution in [1.82, 2.24) is 10.2 Å². The van der Waals surface area contributed by atoms with E-state index in [4.69, 9.17) is 23.2 Å². The summed E-state index contributed by atoms with van der Waals surface area (Å²) in [5.41, 5.74) is 4.38. The molecular weight excluding hydrogens is 451 g/mol. The first-order valence-corrected chi connectivity index (χ1v) is 12.3. The molecular formula is C24H30Cl2N2O2S. The molecule has 4 nitrogen and oxygen atoms in total. The SMILES string of the molecule is CCNC(=O)[C@H](CC)N(Cc1ccc(Cl)cc1Cl)C(=O)CSCc1cc(C)cc(C)c1. The number of benzene rings is 2. The largest absolute Gasteiger partial charge is 0.355 e. The Morgan fingerprint density at radius 1 is 1.06 bits per heavy atom. The normalized spacial score (nSPS) is 11.8. The summed E-state index contributed by atoms with van der Waals surface area (Å²) in [6, 6.07) is 11.1. The van der Waals surface area contributed by atoms with E-state index >= 15 is 0 Å². The fraction of sp³-hybridized carbons (Fsp3) is 0.417. The van der Waals surface area contributed by atoms with Gasteiger partial charge in [0.25, 0.3) is 0 Å². The van der Waals surface area contributed by atoms with Crippen LogP contribution in [0, 0.1) is 13.8 Å². The van der Waals surface area contributed by atoms with Crippen LogP contribution in [-0.2, 0) is 21.9 Å². The number of nitrogens with zero attached hydrogens (tertiary/aromatic N) is 1. The highest BCUT2D eigenvalue weighted by Gasteiger charge is 2.28. The average molecular weight is 481 g/mol. The van der Waals surface area contributed by atoms with Gasteiger partial charge in [-0.3, -0.25) is 9.59 Å². The molecule has 0 aliphatic rings. The quantitative estimate of drug-likeness (QED) is 0.468. The molecule has 0 aliphatic heterocycles. The van der Waals surface area contributed by atoms with Gasteiger partial charge in [-0.25, -0.2) is 0 Å². The van der Waals surface area contributed by atoms with Gasteiger partial charge in [-0.05, 0) is 50.5 Å². The minimum Gasteiger partial charge on any atom is -0.355 e. The van der Waals surface area contributed by atoms with Gasteiger partial charge < -0.3 is 10.2 Å². The molecule has 0 fully saturated rings. The number of hydrogen-bond donors (Lipinski definition) is 1. The molecule has 0 saturated heterocycles. The molecule has 0 aliphatic carbocycles. The summed E-state index contributed by atoms with van der Waals surface area (Å²) in [5, 5.41) is 3.86. The zero-order valence-corrected chi connectivity index (χ0v) is 20.8. The van der Waals surface area contributed by atoms with Crippen molar-refractivity contribution in [2.24, 2.45) is 0 Å². The number of carbonyl (C=O) groups excluding carboxylic acids is 2. The summed E-state index contributed by atoms with van der Waals surface area (Å²) in [4.78, 5) is 27.5. The molecule has 168 valence electrons. The van der Waals surface area contributed by atoms with Gasteiger partial charge in [-0.15, -0.1) is 11.8 Å². The van der Waals surface area contributed by atoms with Crippen LogP contribution >= 0.6 is 35.0 Å². The molecule has 2 aromatic carbocycles. The number of halogens is 2. The predicted octanol–water partition coefficient (Wildman–Crippen LogP) is 5.79. The smallest absolute Gasteiger partial charge is 0.242 e. The van der Waals surface area contributed by atoms with Crippen LogP contribution in [0.4, 0.5) is 0 Å². The Morgan fingerprint density at radius 2 is 1.74 bits per heavy atom. The van der Waals surface area contributed by atoms with Crippen LogP contribution in [0.25, 0.3) is 0 Å². The summed E-state index contributed by atoms with van der Waals surface area (Å²) in [6.07, 6.45) is 0.518. The standard InChI is InChI=1S/C24H30Cl2N2O2S/c1-5-22(24(30)27-6-2)28(13-19-7-8-20(25)12-21(19)26)23(29)15-31-14-18-10-16(3)9-17(4)11-18/h7-12,22H,5-6,13-15H2,1-4H3,(H,27,30)/t22-/m0/s1. The molecule has 0 aromatic heterocycles. The first kappa shape index (κ1) is 25.6. The summed E-state index contributed by atoms with van der Waals surface area (Å²) < 4.78 is 0. The van der Waals surface area contributed by atoms with Crippen molar-refractivity contribution < 1.29 is 9.59 Å². The van der Waals surface area contributed by atoms with Crippen molar-refractivity contribution in [2.75, 3.05) is 12.3 Å². The number of thioether (sulfide) groups is 1. The number of amides is 2. The zero-order chi connectivity index (χ0) is 23.0. The van der Waals surface area contributed by atoms with Crippen LogP contribution in [-0.4, -0.2) is 35.1 Å². The highest BCUT2D eigenvalue weighted by atomic mass is 35.5. The van der Waals surface area contributed by atoms with E-state index in [0.717, 1.165) is 11.3 Å². The number of carbonyl (C=O) groups is 2. The number of aryl methyl sites for hydroxylation is 2. The Morgan fingerprint density at radius 3 is 2.32 bits per heavy atom. The summed E-state index contributed by atoms with van der Waals surface area (Å²) >= 11 is 13.9. The Labute approximate surface area is 199 Å². The van der Waals surface area contributed by atoms with E-state index in [2.05, 4.69) is 37.4 Å². The Kier molecular flexibility index (Phi) is 10.2. The molecule has 0 unspecified atom stereocenters. The van der Waals surface area contributed by atoms with Crippen LogP contribution in [0.2, 0.25) is 10.0 Å². The van der Waals surface area contributed by atoms with Crippen molar-refractivity contribution in [3.8, 4) is 0 Å². The number of nitrogens with one attached hydrogen (secondary N) is 1. The van der Waals surface area contributed by atoms with Gasteiger partial charge in [-0.1, -0.05) is 65.5 Å². The fourth-order valence-corrected chi connectivity index (χ4v) is 4.85. The van der Waals surface area contributed by atoms with Gasteiger partial charge in [0.1, 0.15) is 6.04 Å². The molecule has 0 spiro atoms. The third-order valence-electron chi connectivity index (χ3n) is 4.87. The second kappa shape index (κ2) is 12.4. The van der Waals surface area contributed by atoms with Crippen molar-refractivity contribution >= 4 is 46.8 Å². The lowest BCUT2D eigenvalue weighted by Gasteiger charge is -2.30. The number of hydrogen-bond acceptors (Lipinski definition) is 3. The van der Waals surface area contributed by atoms with Crippen LogP contribution in [0.5, 0.6) is 0 Å². The molecule has 1 N–H and O–H groups in total. The monoisotopic (exact) mass is 480 g/mol. The van der Waals surface area contributed by atoms with Gasteiger partial charge in [0.05, 0.1) is 5.75 Å². The second-order valence-corrected chi connectivity index (χ2v) is 9.39. The van der Waals surface area contributed by atoms with E-state index in [1.54, 1.807) is 34.9 Å². The Bertz CT molecular complexity index is 900. The van der Waals surface area contributed by atoms with Gasteiger partial charge in [0.15, 0.2) is 0 Å². The van der Waals surface area contributed by atoms with E-state index in [1.165, 1.54) is 16.7 Å². The van der Waals surface area contributed by atoms with E-state index in [-0.39, 0.29) is 24.1 Å². The van der Waals surface area contributed by atoms with Crippen LogP contribution in [0.15, 0.2) is 36.4 Å². The molecule has 7 heteroatoms. The fourth-order valence-electron chi connectivity index (χ4n) is 3.54. The third-order valence-corrected chi connectivity index (χ3v) is 6.44. The topological polar surface area (TPSA) is 49.4 Å². The second-order valence-electron chi connectivity index (χ2n) is 7.56. The van der Waals surface area contributed by atoms with E-state index < -0.39 is 6.04 Å². The summed E-state index contributed by atoms with van der Waals surface area (Å²) in [7, 11) is 0. The molecule has 0 saturated carbocycles. The highest BCUT2D eigenvalue weighted by Crippen LogP contribution is 2.24. The van der Waals surface area contributed by atoms with Gasteiger partial charge >= 0.3 is 0 Å². The molecule has 0 bridgehead atoms. The molecule has 0 radical (unpaired) electrons. The maximum Gasteiger partial charge on any atom is 0.242 e. The van der Waals surface area contributed by atoms with E-state index in [0.29, 0.717) is 23.0 Å². The van der Waals surface area contributed by atoms with Crippen molar-refractivity contribution in [3.63, 3.8) is 0 Å². The Hall–Kier alpha value is -1.69. The first-order chi connectivity index (χ1) is 14.7. The number of likely N-dealkylation sites (N-methyl/N-ethyl adjacent to an activating group) is 1. The summed E-state index contributed by atoms with van der Waals surface area (Å²) in [6.45, 7) is 8.69. The lowest BCUT2D eigenvalue weighted by atomic mass is 10.1. The van der Waals surface area contributed by atoms with Crippen LogP contribution in [0.3, 0.4) is 0 Å². The van der Waals surface area contributed by atoms with Crippen LogP contribution in [0.1, 0.15) is 42.5 Å². The lowest BCUT2D eigenvalue weighted by molar-refractivity contribution is -0.139. The average Bonchev–Trinajstić information content (AvgIpc) is 2.68. The molecule has 2 aromatic rings. The minimum atomic E-state index is -0.555. The predicted molar refractivity (Wildman–Crippen MR) is 132 cm³/mol. The maximum atomic E-state index is 13.2. The molecule has 0 heterocycles. The van der Waals surface area contributed by atoms with Gasteiger partial charge in [0, 0.05) is 28.9 Å². The summed E-state index contributed by atoms with van der Waals surface area (Å²) in [5.74, 6) is 0.789. The Balaban J connectivity index is 2.17. The van der Waals surface area contributed by atoms with Crippen molar-refractivity contribution in [2.45, 2.75) is 52.5 Å².